The number of rotatable bonds is 10. The average molecular weight is 378 g/mol. The molecule has 28 heavy (non-hydrogen) atoms. The van der Waals surface area contributed by atoms with Gasteiger partial charge in [-0.25, -0.2) is 9.59 Å². The summed E-state index contributed by atoms with van der Waals surface area (Å²) in [6.45, 7) is 7.33. The zero-order valence-corrected chi connectivity index (χ0v) is 15.5. The van der Waals surface area contributed by atoms with Crippen molar-refractivity contribution < 1.29 is 19.1 Å². The van der Waals surface area contributed by atoms with Crippen molar-refractivity contribution in [3.8, 4) is 0 Å². The standard InChI is InChI=1S/C22H22N2O4/c1-3-21(25)27-15-13-17-5-9-19(10-6-17)23-24-20-11-7-18(8-12-20)14-16-28-22(26)4-2/h3-12H,1-2,13-16H2. The molecular weight excluding hydrogens is 356 g/mol. The third-order valence-electron chi connectivity index (χ3n) is 3.76. The lowest BCUT2D eigenvalue weighted by Gasteiger charge is -2.03. The van der Waals surface area contributed by atoms with Crippen molar-refractivity contribution in [1.82, 2.24) is 0 Å². The molecule has 0 saturated heterocycles. The molecule has 0 aliphatic heterocycles. The van der Waals surface area contributed by atoms with Crippen molar-refractivity contribution >= 4 is 23.3 Å². The van der Waals surface area contributed by atoms with E-state index in [-0.39, 0.29) is 0 Å². The molecule has 0 aromatic heterocycles. The number of hydrogen-bond acceptors (Lipinski definition) is 6. The van der Waals surface area contributed by atoms with Gasteiger partial charge in [0.2, 0.25) is 0 Å². The molecule has 0 radical (unpaired) electrons. The van der Waals surface area contributed by atoms with Gasteiger partial charge < -0.3 is 9.47 Å². The molecule has 0 fully saturated rings. The summed E-state index contributed by atoms with van der Waals surface area (Å²) in [5.74, 6) is -0.844. The molecule has 2 aromatic carbocycles. The fraction of sp³-hybridized carbons (Fsp3) is 0.182. The van der Waals surface area contributed by atoms with Crippen LogP contribution >= 0.6 is 0 Å². The first-order chi connectivity index (χ1) is 13.6. The Bertz CT molecular complexity index is 768. The van der Waals surface area contributed by atoms with E-state index in [9.17, 15) is 9.59 Å². The summed E-state index contributed by atoms with van der Waals surface area (Å²) < 4.78 is 9.91. The minimum absolute atomic E-state index is 0.310. The van der Waals surface area contributed by atoms with Gasteiger partial charge in [-0.2, -0.15) is 10.2 Å². The van der Waals surface area contributed by atoms with E-state index in [1.54, 1.807) is 0 Å². The van der Waals surface area contributed by atoms with Crippen LogP contribution in [0.1, 0.15) is 11.1 Å². The maximum atomic E-state index is 11.0. The van der Waals surface area contributed by atoms with E-state index >= 15 is 0 Å². The Hall–Kier alpha value is -3.54. The van der Waals surface area contributed by atoms with Crippen LogP contribution in [0, 0.1) is 0 Å². The van der Waals surface area contributed by atoms with Crippen molar-refractivity contribution in [1.29, 1.82) is 0 Å². The second-order valence-electron chi connectivity index (χ2n) is 5.78. The molecule has 0 aliphatic carbocycles. The van der Waals surface area contributed by atoms with Crippen LogP contribution in [0.4, 0.5) is 11.4 Å². The summed E-state index contributed by atoms with van der Waals surface area (Å²) in [7, 11) is 0. The van der Waals surface area contributed by atoms with Gasteiger partial charge in [0.05, 0.1) is 24.6 Å². The number of azo groups is 1. The highest BCUT2D eigenvalue weighted by Crippen LogP contribution is 2.19. The van der Waals surface area contributed by atoms with E-state index in [0.717, 1.165) is 34.7 Å². The molecule has 6 nitrogen and oxygen atoms in total. The summed E-state index contributed by atoms with van der Waals surface area (Å²) in [5, 5.41) is 8.42. The van der Waals surface area contributed by atoms with Gasteiger partial charge in [-0.1, -0.05) is 37.4 Å². The van der Waals surface area contributed by atoms with Crippen molar-refractivity contribution in [3.63, 3.8) is 0 Å². The zero-order chi connectivity index (χ0) is 20.2. The Morgan fingerprint density at radius 3 is 1.39 bits per heavy atom. The highest BCUT2D eigenvalue weighted by Gasteiger charge is 2.00. The molecule has 0 spiro atoms. The lowest BCUT2D eigenvalue weighted by molar-refractivity contribution is -0.138. The monoisotopic (exact) mass is 378 g/mol. The Kier molecular flexibility index (Phi) is 8.33. The molecule has 6 heteroatoms. The number of benzene rings is 2. The van der Waals surface area contributed by atoms with Crippen LogP contribution in [0.2, 0.25) is 0 Å². The van der Waals surface area contributed by atoms with Gasteiger partial charge in [-0.15, -0.1) is 0 Å². The SMILES string of the molecule is C=CC(=O)OCCc1ccc(N=Nc2ccc(CCOC(=O)C=C)cc2)cc1. The molecule has 0 unspecified atom stereocenters. The van der Waals surface area contributed by atoms with Crippen LogP contribution in [0.3, 0.4) is 0 Å². The number of carbonyl (C=O) groups is 2. The van der Waals surface area contributed by atoms with Crippen molar-refractivity contribution in [2.45, 2.75) is 12.8 Å². The molecule has 0 heterocycles. The molecule has 2 rings (SSSR count). The smallest absolute Gasteiger partial charge is 0.330 e. The lowest BCUT2D eigenvalue weighted by Crippen LogP contribution is -2.04. The first kappa shape index (κ1) is 20.8. The van der Waals surface area contributed by atoms with Gasteiger partial charge in [-0.3, -0.25) is 0 Å². The van der Waals surface area contributed by atoms with Crippen molar-refractivity contribution in [3.05, 3.63) is 85.0 Å². The highest BCUT2D eigenvalue weighted by atomic mass is 16.5. The molecular formula is C22H22N2O4. The van der Waals surface area contributed by atoms with Gasteiger partial charge in [0.15, 0.2) is 0 Å². The minimum atomic E-state index is -0.422. The fourth-order valence-electron chi connectivity index (χ4n) is 2.23. The average Bonchev–Trinajstić information content (AvgIpc) is 2.73. The number of esters is 2. The molecule has 0 atom stereocenters. The third kappa shape index (κ3) is 7.37. The number of ether oxygens (including phenoxy) is 2. The van der Waals surface area contributed by atoms with Crippen molar-refractivity contribution in [2.24, 2.45) is 10.2 Å². The normalized spacial score (nSPS) is 10.4. The maximum absolute atomic E-state index is 11.0. The summed E-state index contributed by atoms with van der Waals surface area (Å²) in [5.41, 5.74) is 3.54. The molecule has 0 N–H and O–H groups in total. The van der Waals surface area contributed by atoms with Crippen LogP contribution in [-0.2, 0) is 31.9 Å². The van der Waals surface area contributed by atoms with Crippen LogP contribution in [0.15, 0.2) is 84.1 Å². The van der Waals surface area contributed by atoms with Crippen LogP contribution < -0.4 is 0 Å². The van der Waals surface area contributed by atoms with Crippen LogP contribution in [0.5, 0.6) is 0 Å². The Morgan fingerprint density at radius 2 is 1.07 bits per heavy atom. The second-order valence-corrected chi connectivity index (χ2v) is 5.78. The van der Waals surface area contributed by atoms with E-state index in [1.165, 1.54) is 0 Å². The van der Waals surface area contributed by atoms with E-state index in [2.05, 4.69) is 23.4 Å². The van der Waals surface area contributed by atoms with Gasteiger partial charge in [0.25, 0.3) is 0 Å². The first-order valence-electron chi connectivity index (χ1n) is 8.78. The number of hydrogen-bond donors (Lipinski definition) is 0. The van der Waals surface area contributed by atoms with Gasteiger partial charge in [0, 0.05) is 25.0 Å². The van der Waals surface area contributed by atoms with E-state index in [4.69, 9.17) is 9.47 Å². The molecule has 144 valence electrons. The largest absolute Gasteiger partial charge is 0.462 e. The predicted molar refractivity (Wildman–Crippen MR) is 107 cm³/mol. The fourth-order valence-corrected chi connectivity index (χ4v) is 2.23. The summed E-state index contributed by atoms with van der Waals surface area (Å²) in [4.78, 5) is 22.0. The van der Waals surface area contributed by atoms with Crippen LogP contribution in [-0.4, -0.2) is 25.2 Å². The molecule has 2 aromatic rings. The Labute approximate surface area is 164 Å². The number of nitrogens with zero attached hydrogens (tertiary/aromatic N) is 2. The lowest BCUT2D eigenvalue weighted by atomic mass is 10.1. The van der Waals surface area contributed by atoms with E-state index < -0.39 is 11.9 Å². The first-order valence-corrected chi connectivity index (χ1v) is 8.78. The molecule has 0 bridgehead atoms. The van der Waals surface area contributed by atoms with Gasteiger partial charge in [0.1, 0.15) is 0 Å². The summed E-state index contributed by atoms with van der Waals surface area (Å²) in [6.07, 6.45) is 3.54. The predicted octanol–water partition coefficient (Wildman–Crippen LogP) is 4.65. The number of carbonyl (C=O) groups excluding carboxylic acids is 2. The molecule has 0 amide bonds. The second kappa shape index (κ2) is 11.2. The summed E-state index contributed by atoms with van der Waals surface area (Å²) >= 11 is 0. The molecule has 0 aliphatic rings. The minimum Gasteiger partial charge on any atom is -0.462 e. The van der Waals surface area contributed by atoms with E-state index in [1.807, 2.05) is 48.5 Å². The van der Waals surface area contributed by atoms with Gasteiger partial charge in [-0.05, 0) is 35.4 Å². The quantitative estimate of drug-likeness (QED) is 0.343. The highest BCUT2D eigenvalue weighted by molar-refractivity contribution is 5.81. The topological polar surface area (TPSA) is 77.3 Å². The maximum Gasteiger partial charge on any atom is 0.330 e. The third-order valence-corrected chi connectivity index (χ3v) is 3.76. The summed E-state index contributed by atoms with van der Waals surface area (Å²) in [6, 6.07) is 15.1. The Morgan fingerprint density at radius 1 is 0.714 bits per heavy atom. The van der Waals surface area contributed by atoms with Crippen LogP contribution in [0.25, 0.3) is 0 Å². The van der Waals surface area contributed by atoms with Gasteiger partial charge >= 0.3 is 11.9 Å². The zero-order valence-electron chi connectivity index (χ0n) is 15.5. The van der Waals surface area contributed by atoms with E-state index in [0.29, 0.717) is 26.1 Å². The van der Waals surface area contributed by atoms with Crippen molar-refractivity contribution in [2.75, 3.05) is 13.2 Å². The molecule has 0 saturated carbocycles. The Balaban J connectivity index is 1.82.